The normalized spacial score (nSPS) is 27.3. The zero-order chi connectivity index (χ0) is 11.8. The van der Waals surface area contributed by atoms with Gasteiger partial charge < -0.3 is 0 Å². The second-order valence-electron chi connectivity index (χ2n) is 5.19. The lowest BCUT2D eigenvalue weighted by atomic mass is 10.1. The van der Waals surface area contributed by atoms with Crippen molar-refractivity contribution < 1.29 is 4.39 Å². The third-order valence-corrected chi connectivity index (χ3v) is 4.06. The Balaban J connectivity index is 1.75. The number of nitrogens with zero attached hydrogens (tertiary/aromatic N) is 2. The van der Waals surface area contributed by atoms with Gasteiger partial charge in [0.2, 0.25) is 0 Å². The molecule has 2 unspecified atom stereocenters. The lowest BCUT2D eigenvalue weighted by Crippen LogP contribution is -2.31. The first kappa shape index (κ1) is 10.7. The summed E-state index contributed by atoms with van der Waals surface area (Å²) in [6.45, 7) is 2.03. The number of hydrogen-bond donors (Lipinski definition) is 0. The Morgan fingerprint density at radius 2 is 2.29 bits per heavy atom. The highest BCUT2D eigenvalue weighted by atomic mass is 19.1. The summed E-state index contributed by atoms with van der Waals surface area (Å²) in [4.78, 5) is 2.47. The molecule has 88 valence electrons. The smallest absolute Gasteiger partial charge is 0.140 e. The van der Waals surface area contributed by atoms with E-state index in [1.54, 1.807) is 12.1 Å². The largest absolute Gasteiger partial charge is 0.296 e. The van der Waals surface area contributed by atoms with Crippen LogP contribution in [-0.2, 0) is 6.54 Å². The fraction of sp³-hybridized carbons (Fsp3) is 0.500. The first-order valence-electron chi connectivity index (χ1n) is 6.19. The van der Waals surface area contributed by atoms with Crippen molar-refractivity contribution in [2.24, 2.45) is 5.92 Å². The Kier molecular flexibility index (Phi) is 2.60. The maximum atomic E-state index is 13.2. The first-order chi connectivity index (χ1) is 8.26. The van der Waals surface area contributed by atoms with Gasteiger partial charge in [0, 0.05) is 19.1 Å². The van der Waals surface area contributed by atoms with Gasteiger partial charge in [-0.25, -0.2) is 4.39 Å². The third kappa shape index (κ3) is 1.94. The molecule has 0 aromatic heterocycles. The molecule has 1 aliphatic heterocycles. The summed E-state index contributed by atoms with van der Waals surface area (Å²) in [6.07, 6.45) is 4.00. The van der Waals surface area contributed by atoms with E-state index in [1.165, 1.54) is 31.9 Å². The van der Waals surface area contributed by atoms with Gasteiger partial charge in [-0.1, -0.05) is 6.07 Å². The Bertz CT molecular complexity index is 478. The van der Waals surface area contributed by atoms with Crippen LogP contribution in [0.15, 0.2) is 18.2 Å². The van der Waals surface area contributed by atoms with Crippen molar-refractivity contribution >= 4 is 0 Å². The van der Waals surface area contributed by atoms with Gasteiger partial charge in [0.25, 0.3) is 0 Å². The standard InChI is InChI=1S/C14H15FN2/c15-14-4-2-10(5-12(14)7-16)8-17-9-11-1-3-13(17)6-11/h2,4-5,11,13H,1,3,6,8-9H2. The lowest BCUT2D eigenvalue weighted by Gasteiger charge is -2.26. The Hall–Kier alpha value is -1.40. The molecule has 0 radical (unpaired) electrons. The SMILES string of the molecule is N#Cc1cc(CN2CC3CCC2C3)ccc1F. The number of halogens is 1. The molecule has 3 heteroatoms. The average molecular weight is 230 g/mol. The van der Waals surface area contributed by atoms with Crippen molar-refractivity contribution in [3.8, 4) is 6.07 Å². The highest BCUT2D eigenvalue weighted by Crippen LogP contribution is 2.38. The van der Waals surface area contributed by atoms with Crippen LogP contribution >= 0.6 is 0 Å². The Labute approximate surface area is 101 Å². The molecule has 2 bridgehead atoms. The highest BCUT2D eigenvalue weighted by Gasteiger charge is 2.37. The van der Waals surface area contributed by atoms with Crippen LogP contribution in [0.4, 0.5) is 4.39 Å². The van der Waals surface area contributed by atoms with Crippen LogP contribution in [0.1, 0.15) is 30.4 Å². The van der Waals surface area contributed by atoms with Crippen LogP contribution in [0, 0.1) is 23.1 Å². The molecule has 2 fully saturated rings. The second-order valence-corrected chi connectivity index (χ2v) is 5.19. The van der Waals surface area contributed by atoms with Crippen LogP contribution in [0.2, 0.25) is 0 Å². The minimum absolute atomic E-state index is 0.159. The van der Waals surface area contributed by atoms with Crippen LogP contribution in [0.3, 0.4) is 0 Å². The van der Waals surface area contributed by atoms with Crippen molar-refractivity contribution in [3.05, 3.63) is 35.1 Å². The molecule has 1 aromatic carbocycles. The van der Waals surface area contributed by atoms with Crippen LogP contribution in [-0.4, -0.2) is 17.5 Å². The van der Waals surface area contributed by atoms with E-state index in [0.29, 0.717) is 0 Å². The number of piperidine rings is 1. The average Bonchev–Trinajstić information content (AvgIpc) is 2.93. The monoisotopic (exact) mass is 230 g/mol. The van der Waals surface area contributed by atoms with E-state index in [2.05, 4.69) is 4.90 Å². The summed E-state index contributed by atoms with van der Waals surface area (Å²) < 4.78 is 13.2. The van der Waals surface area contributed by atoms with Crippen molar-refractivity contribution in [1.29, 1.82) is 5.26 Å². The number of likely N-dealkylation sites (tertiary alicyclic amines) is 1. The summed E-state index contributed by atoms with van der Waals surface area (Å²) in [5.41, 5.74) is 1.21. The maximum Gasteiger partial charge on any atom is 0.140 e. The van der Waals surface area contributed by atoms with Gasteiger partial charge in [-0.05, 0) is 42.9 Å². The highest BCUT2D eigenvalue weighted by molar-refractivity contribution is 5.34. The molecular formula is C14H15FN2. The second kappa shape index (κ2) is 4.12. The number of rotatable bonds is 2. The zero-order valence-corrected chi connectivity index (χ0v) is 9.69. The molecule has 2 atom stereocenters. The molecule has 0 spiro atoms. The summed E-state index contributed by atoms with van der Waals surface area (Å²) in [5, 5.41) is 8.81. The Morgan fingerprint density at radius 3 is 2.94 bits per heavy atom. The first-order valence-corrected chi connectivity index (χ1v) is 6.19. The van der Waals surface area contributed by atoms with Gasteiger partial charge in [0.15, 0.2) is 0 Å². The fourth-order valence-corrected chi connectivity index (χ4v) is 3.21. The molecular weight excluding hydrogens is 215 g/mol. The van der Waals surface area contributed by atoms with Crippen LogP contribution < -0.4 is 0 Å². The molecule has 17 heavy (non-hydrogen) atoms. The molecule has 0 N–H and O–H groups in total. The van der Waals surface area contributed by atoms with E-state index in [4.69, 9.17) is 5.26 Å². The number of nitriles is 1. The van der Waals surface area contributed by atoms with Gasteiger partial charge in [-0.15, -0.1) is 0 Å². The minimum Gasteiger partial charge on any atom is -0.296 e. The summed E-state index contributed by atoms with van der Waals surface area (Å²) in [6, 6.07) is 7.50. The lowest BCUT2D eigenvalue weighted by molar-refractivity contribution is 0.205. The summed E-state index contributed by atoms with van der Waals surface area (Å²) in [7, 11) is 0. The summed E-state index contributed by atoms with van der Waals surface area (Å²) >= 11 is 0. The van der Waals surface area contributed by atoms with E-state index < -0.39 is 5.82 Å². The fourth-order valence-electron chi connectivity index (χ4n) is 3.21. The number of hydrogen-bond acceptors (Lipinski definition) is 2. The van der Waals surface area contributed by atoms with E-state index in [1.807, 2.05) is 6.07 Å². The van der Waals surface area contributed by atoms with E-state index in [0.717, 1.165) is 24.1 Å². The summed E-state index contributed by atoms with van der Waals surface area (Å²) in [5.74, 6) is 0.454. The topological polar surface area (TPSA) is 27.0 Å². The molecule has 1 aromatic rings. The van der Waals surface area contributed by atoms with Gasteiger partial charge in [0.05, 0.1) is 5.56 Å². The molecule has 1 aliphatic carbocycles. The van der Waals surface area contributed by atoms with E-state index >= 15 is 0 Å². The van der Waals surface area contributed by atoms with Gasteiger partial charge in [-0.3, -0.25) is 4.90 Å². The van der Waals surface area contributed by atoms with Crippen molar-refractivity contribution in [1.82, 2.24) is 4.90 Å². The molecule has 1 saturated heterocycles. The quantitative estimate of drug-likeness (QED) is 0.781. The molecule has 3 rings (SSSR count). The molecule has 1 saturated carbocycles. The zero-order valence-electron chi connectivity index (χ0n) is 9.69. The van der Waals surface area contributed by atoms with Crippen molar-refractivity contribution in [2.75, 3.05) is 6.54 Å². The molecule has 1 heterocycles. The van der Waals surface area contributed by atoms with Crippen LogP contribution in [0.5, 0.6) is 0 Å². The van der Waals surface area contributed by atoms with Gasteiger partial charge >= 0.3 is 0 Å². The number of benzene rings is 1. The minimum atomic E-state index is -0.417. The predicted octanol–water partition coefficient (Wildman–Crippen LogP) is 2.68. The molecule has 0 amide bonds. The van der Waals surface area contributed by atoms with Crippen molar-refractivity contribution in [2.45, 2.75) is 31.8 Å². The van der Waals surface area contributed by atoms with Crippen LogP contribution in [0.25, 0.3) is 0 Å². The third-order valence-electron chi connectivity index (χ3n) is 4.06. The maximum absolute atomic E-state index is 13.2. The van der Waals surface area contributed by atoms with Gasteiger partial charge in [0.1, 0.15) is 11.9 Å². The van der Waals surface area contributed by atoms with Gasteiger partial charge in [-0.2, -0.15) is 5.26 Å². The predicted molar refractivity (Wildman–Crippen MR) is 62.7 cm³/mol. The molecule has 2 nitrogen and oxygen atoms in total. The number of fused-ring (bicyclic) bond motifs is 2. The van der Waals surface area contributed by atoms with E-state index in [-0.39, 0.29) is 5.56 Å². The van der Waals surface area contributed by atoms with E-state index in [9.17, 15) is 4.39 Å². The molecule has 2 aliphatic rings. The Morgan fingerprint density at radius 1 is 1.41 bits per heavy atom. The van der Waals surface area contributed by atoms with Crippen molar-refractivity contribution in [3.63, 3.8) is 0 Å².